The molecule has 0 unspecified atom stereocenters. The van der Waals surface area contributed by atoms with Crippen LogP contribution in [0.2, 0.25) is 0 Å². The second-order valence-corrected chi connectivity index (χ2v) is 5.09. The van der Waals surface area contributed by atoms with Crippen molar-refractivity contribution in [1.29, 1.82) is 0 Å². The number of nitrogens with one attached hydrogen (secondary N) is 1. The van der Waals surface area contributed by atoms with Crippen molar-refractivity contribution in [2.75, 3.05) is 26.7 Å². The summed E-state index contributed by atoms with van der Waals surface area (Å²) in [6, 6.07) is 5.61. The van der Waals surface area contributed by atoms with Crippen LogP contribution >= 0.6 is 0 Å². The summed E-state index contributed by atoms with van der Waals surface area (Å²) in [5.41, 5.74) is 0.528. The van der Waals surface area contributed by atoms with Crippen LogP contribution < -0.4 is 5.32 Å². The number of rotatable bonds is 4. The third-order valence-electron chi connectivity index (χ3n) is 3.74. The maximum absolute atomic E-state index is 12.8. The Hall–Kier alpha value is -1.75. The van der Waals surface area contributed by atoms with Gasteiger partial charge in [-0.25, -0.2) is 4.39 Å². The molecule has 1 saturated heterocycles. The average molecular weight is 278 g/mol. The first-order valence-corrected chi connectivity index (χ1v) is 6.83. The molecule has 2 rings (SSSR count). The number of nitrogens with zero attached hydrogens (tertiary/aromatic N) is 1. The number of likely N-dealkylation sites (tertiary alicyclic amines) is 1. The van der Waals surface area contributed by atoms with Crippen molar-refractivity contribution >= 4 is 11.7 Å². The summed E-state index contributed by atoms with van der Waals surface area (Å²) in [5, 5.41) is 2.66. The van der Waals surface area contributed by atoms with Gasteiger partial charge < -0.3 is 5.32 Å². The number of amides is 1. The molecule has 0 atom stereocenters. The fraction of sp³-hybridized carbons (Fsp3) is 0.467. The van der Waals surface area contributed by atoms with E-state index in [0.717, 1.165) is 25.9 Å². The lowest BCUT2D eigenvalue weighted by molar-refractivity contribution is -0.125. The fourth-order valence-electron chi connectivity index (χ4n) is 2.49. The molecule has 1 amide bonds. The first-order valence-electron chi connectivity index (χ1n) is 6.83. The molecule has 0 saturated carbocycles. The van der Waals surface area contributed by atoms with E-state index in [-0.39, 0.29) is 23.4 Å². The molecule has 0 bridgehead atoms. The average Bonchev–Trinajstić information content (AvgIpc) is 2.48. The summed E-state index contributed by atoms with van der Waals surface area (Å²) < 4.78 is 12.8. The Morgan fingerprint density at radius 2 is 1.85 bits per heavy atom. The minimum absolute atomic E-state index is 0.0107. The Morgan fingerprint density at radius 1 is 1.25 bits per heavy atom. The van der Waals surface area contributed by atoms with E-state index in [1.54, 1.807) is 7.05 Å². The molecule has 1 heterocycles. The zero-order valence-electron chi connectivity index (χ0n) is 11.6. The van der Waals surface area contributed by atoms with Gasteiger partial charge in [-0.1, -0.05) is 0 Å². The van der Waals surface area contributed by atoms with Crippen molar-refractivity contribution in [2.45, 2.75) is 12.8 Å². The van der Waals surface area contributed by atoms with Crippen molar-refractivity contribution in [3.8, 4) is 0 Å². The molecule has 0 radical (unpaired) electrons. The Labute approximate surface area is 118 Å². The van der Waals surface area contributed by atoms with Crippen molar-refractivity contribution in [3.63, 3.8) is 0 Å². The molecule has 0 aliphatic carbocycles. The highest BCUT2D eigenvalue weighted by Gasteiger charge is 2.25. The molecule has 20 heavy (non-hydrogen) atoms. The number of carbonyl (C=O) groups is 2. The Kier molecular flexibility index (Phi) is 4.84. The molecule has 1 aliphatic heterocycles. The van der Waals surface area contributed by atoms with Crippen LogP contribution in [0.4, 0.5) is 4.39 Å². The number of benzene rings is 1. The van der Waals surface area contributed by atoms with Gasteiger partial charge in [0.15, 0.2) is 5.78 Å². The molecule has 0 aromatic heterocycles. The van der Waals surface area contributed by atoms with Crippen LogP contribution in [-0.2, 0) is 4.79 Å². The molecule has 1 aromatic carbocycles. The fourth-order valence-corrected chi connectivity index (χ4v) is 2.49. The maximum Gasteiger partial charge on any atom is 0.222 e. The van der Waals surface area contributed by atoms with Crippen LogP contribution in [0.15, 0.2) is 24.3 Å². The van der Waals surface area contributed by atoms with E-state index in [1.807, 2.05) is 4.90 Å². The smallest absolute Gasteiger partial charge is 0.222 e. The lowest BCUT2D eigenvalue weighted by Crippen LogP contribution is -2.41. The van der Waals surface area contributed by atoms with E-state index in [0.29, 0.717) is 12.1 Å². The number of ketones is 1. The minimum Gasteiger partial charge on any atom is -0.359 e. The highest BCUT2D eigenvalue weighted by atomic mass is 19.1. The normalized spacial score (nSPS) is 16.9. The summed E-state index contributed by atoms with van der Waals surface area (Å²) in [6.45, 7) is 1.81. The predicted molar refractivity (Wildman–Crippen MR) is 74.0 cm³/mol. The first kappa shape index (κ1) is 14.7. The molecule has 4 nitrogen and oxygen atoms in total. The zero-order chi connectivity index (χ0) is 14.5. The van der Waals surface area contributed by atoms with Crippen molar-refractivity contribution < 1.29 is 14.0 Å². The number of hydrogen-bond donors (Lipinski definition) is 1. The summed E-state index contributed by atoms with van der Waals surface area (Å²) in [6.07, 6.45) is 1.55. The van der Waals surface area contributed by atoms with E-state index in [2.05, 4.69) is 5.32 Å². The van der Waals surface area contributed by atoms with Gasteiger partial charge in [0.2, 0.25) is 5.91 Å². The number of carbonyl (C=O) groups excluding carboxylic acids is 2. The lowest BCUT2D eigenvalue weighted by atomic mass is 9.95. The van der Waals surface area contributed by atoms with Crippen LogP contribution in [0.25, 0.3) is 0 Å². The summed E-state index contributed by atoms with van der Waals surface area (Å²) in [5.74, 6) is -0.219. The van der Waals surface area contributed by atoms with E-state index >= 15 is 0 Å². The summed E-state index contributed by atoms with van der Waals surface area (Å²) in [7, 11) is 1.65. The number of halogens is 1. The van der Waals surface area contributed by atoms with Crippen molar-refractivity contribution in [1.82, 2.24) is 10.2 Å². The zero-order valence-corrected chi connectivity index (χ0v) is 11.6. The second-order valence-electron chi connectivity index (χ2n) is 5.09. The highest BCUT2D eigenvalue weighted by molar-refractivity contribution is 5.97. The van der Waals surface area contributed by atoms with Gasteiger partial charge in [-0.3, -0.25) is 14.5 Å². The third kappa shape index (κ3) is 3.63. The van der Waals surface area contributed by atoms with Gasteiger partial charge in [-0.2, -0.15) is 0 Å². The molecular formula is C15H19FN2O2. The Bertz CT molecular complexity index is 479. The topological polar surface area (TPSA) is 49.4 Å². The summed E-state index contributed by atoms with van der Waals surface area (Å²) >= 11 is 0. The Morgan fingerprint density at radius 3 is 2.40 bits per heavy atom. The standard InChI is InChI=1S/C15H19FN2O2/c1-17-15(20)12-6-8-18(9-7-12)10-14(19)11-2-4-13(16)5-3-11/h2-5,12H,6-10H2,1H3,(H,17,20). The molecule has 108 valence electrons. The van der Waals surface area contributed by atoms with E-state index in [9.17, 15) is 14.0 Å². The Balaban J connectivity index is 1.85. The van der Waals surface area contributed by atoms with Gasteiger partial charge in [0.05, 0.1) is 6.54 Å². The quantitative estimate of drug-likeness (QED) is 0.848. The molecule has 1 fully saturated rings. The van der Waals surface area contributed by atoms with Crippen LogP contribution in [0, 0.1) is 11.7 Å². The first-order chi connectivity index (χ1) is 9.60. The van der Waals surface area contributed by atoms with E-state index < -0.39 is 0 Å². The number of hydrogen-bond acceptors (Lipinski definition) is 3. The molecular weight excluding hydrogens is 259 g/mol. The number of piperidine rings is 1. The van der Waals surface area contributed by atoms with Gasteiger partial charge in [0, 0.05) is 18.5 Å². The van der Waals surface area contributed by atoms with Crippen LogP contribution in [0.1, 0.15) is 23.2 Å². The van der Waals surface area contributed by atoms with Crippen molar-refractivity contribution in [2.24, 2.45) is 5.92 Å². The highest BCUT2D eigenvalue weighted by Crippen LogP contribution is 2.17. The van der Waals surface area contributed by atoms with Crippen molar-refractivity contribution in [3.05, 3.63) is 35.6 Å². The van der Waals surface area contributed by atoms with E-state index in [1.165, 1.54) is 24.3 Å². The lowest BCUT2D eigenvalue weighted by Gasteiger charge is -2.30. The second kappa shape index (κ2) is 6.61. The van der Waals surface area contributed by atoms with Gasteiger partial charge >= 0.3 is 0 Å². The molecule has 1 N–H and O–H groups in total. The minimum atomic E-state index is -0.340. The third-order valence-corrected chi connectivity index (χ3v) is 3.74. The van der Waals surface area contributed by atoms with Gasteiger partial charge in [0.25, 0.3) is 0 Å². The summed E-state index contributed by atoms with van der Waals surface area (Å²) in [4.78, 5) is 25.6. The van der Waals surface area contributed by atoms with E-state index in [4.69, 9.17) is 0 Å². The van der Waals surface area contributed by atoms with Gasteiger partial charge in [-0.05, 0) is 50.2 Å². The maximum atomic E-state index is 12.8. The van der Waals surface area contributed by atoms with Crippen LogP contribution in [-0.4, -0.2) is 43.3 Å². The predicted octanol–water partition coefficient (Wildman–Crippen LogP) is 1.47. The largest absolute Gasteiger partial charge is 0.359 e. The SMILES string of the molecule is CNC(=O)C1CCN(CC(=O)c2ccc(F)cc2)CC1. The van der Waals surface area contributed by atoms with Crippen LogP contribution in [0.5, 0.6) is 0 Å². The molecule has 5 heteroatoms. The molecule has 0 spiro atoms. The van der Waals surface area contributed by atoms with Gasteiger partial charge in [-0.15, -0.1) is 0 Å². The van der Waals surface area contributed by atoms with Crippen LogP contribution in [0.3, 0.4) is 0 Å². The van der Waals surface area contributed by atoms with Gasteiger partial charge in [0.1, 0.15) is 5.82 Å². The monoisotopic (exact) mass is 278 g/mol. The number of Topliss-reactive ketones (excluding diaryl/α,β-unsaturated/α-hetero) is 1. The molecule has 1 aliphatic rings. The molecule has 1 aromatic rings.